The van der Waals surface area contributed by atoms with Gasteiger partial charge in [0.2, 0.25) is 11.1 Å². The van der Waals surface area contributed by atoms with Gasteiger partial charge in [-0.05, 0) is 41.5 Å². The Labute approximate surface area is 151 Å². The molecule has 1 fully saturated rings. The van der Waals surface area contributed by atoms with Crippen LogP contribution in [0.5, 0.6) is 0 Å². The van der Waals surface area contributed by atoms with E-state index in [9.17, 15) is 9.18 Å². The lowest BCUT2D eigenvalue weighted by Gasteiger charge is -2.10. The van der Waals surface area contributed by atoms with Crippen molar-refractivity contribution in [2.75, 3.05) is 11.1 Å². The third-order valence-electron chi connectivity index (χ3n) is 4.06. The van der Waals surface area contributed by atoms with Gasteiger partial charge in [0.15, 0.2) is 5.13 Å². The van der Waals surface area contributed by atoms with Gasteiger partial charge in [-0.15, -0.1) is 5.10 Å². The van der Waals surface area contributed by atoms with Crippen molar-refractivity contribution >= 4 is 44.4 Å². The van der Waals surface area contributed by atoms with Gasteiger partial charge in [0, 0.05) is 0 Å². The number of thioether (sulfide) groups is 1. The molecule has 2 heterocycles. The summed E-state index contributed by atoms with van der Waals surface area (Å²) in [6, 6.07) is 4.70. The van der Waals surface area contributed by atoms with Gasteiger partial charge in [-0.1, -0.05) is 35.9 Å². The van der Waals surface area contributed by atoms with Crippen molar-refractivity contribution in [1.82, 2.24) is 25.2 Å². The summed E-state index contributed by atoms with van der Waals surface area (Å²) in [5.41, 5.74) is 0.666. The largest absolute Gasteiger partial charge is 0.301 e. The minimum atomic E-state index is -0.316. The normalized spacial score (nSPS) is 15.1. The molecule has 0 radical (unpaired) electrons. The molecule has 0 aliphatic heterocycles. The monoisotopic (exact) mass is 378 g/mol. The lowest BCUT2D eigenvalue weighted by molar-refractivity contribution is -0.113. The molecule has 0 saturated heterocycles. The second-order valence-electron chi connectivity index (χ2n) is 5.81. The maximum Gasteiger partial charge on any atom is 0.236 e. The van der Waals surface area contributed by atoms with Crippen LogP contribution in [-0.2, 0) is 4.79 Å². The fraction of sp³-hybridized carbons (Fsp3) is 0.400. The smallest absolute Gasteiger partial charge is 0.236 e. The first-order valence-corrected chi connectivity index (χ1v) is 9.76. The first-order chi connectivity index (χ1) is 12.2. The molecule has 0 atom stereocenters. The Morgan fingerprint density at radius 3 is 3.08 bits per heavy atom. The summed E-state index contributed by atoms with van der Waals surface area (Å²) in [4.78, 5) is 16.5. The molecule has 3 aromatic rings. The van der Waals surface area contributed by atoms with Crippen molar-refractivity contribution in [1.29, 1.82) is 0 Å². The number of tetrazole rings is 1. The van der Waals surface area contributed by atoms with E-state index in [1.807, 2.05) is 4.68 Å². The molecular formula is C15H15FN6OS2. The van der Waals surface area contributed by atoms with E-state index in [0.29, 0.717) is 26.5 Å². The lowest BCUT2D eigenvalue weighted by atomic mass is 10.3. The van der Waals surface area contributed by atoms with Gasteiger partial charge >= 0.3 is 0 Å². The molecule has 0 bridgehead atoms. The SMILES string of the molecule is O=C(CSc1nnnn1C1CCCC1)Nc1nc2ccc(F)cc2s1. The number of anilines is 1. The maximum atomic E-state index is 13.2. The van der Waals surface area contributed by atoms with Crippen molar-refractivity contribution in [3.8, 4) is 0 Å². The van der Waals surface area contributed by atoms with Crippen LogP contribution in [0.25, 0.3) is 10.2 Å². The molecule has 130 valence electrons. The van der Waals surface area contributed by atoms with E-state index in [1.165, 1.54) is 48.1 Å². The molecule has 2 aromatic heterocycles. The maximum absolute atomic E-state index is 13.2. The van der Waals surface area contributed by atoms with Crippen LogP contribution >= 0.6 is 23.1 Å². The highest BCUT2D eigenvalue weighted by molar-refractivity contribution is 7.99. The average molecular weight is 378 g/mol. The van der Waals surface area contributed by atoms with Crippen molar-refractivity contribution in [3.05, 3.63) is 24.0 Å². The van der Waals surface area contributed by atoms with Crippen LogP contribution in [0.4, 0.5) is 9.52 Å². The van der Waals surface area contributed by atoms with E-state index in [4.69, 9.17) is 0 Å². The summed E-state index contributed by atoms with van der Waals surface area (Å²) in [7, 11) is 0. The summed E-state index contributed by atoms with van der Waals surface area (Å²) in [5, 5.41) is 15.7. The van der Waals surface area contributed by atoms with Crippen molar-refractivity contribution in [2.45, 2.75) is 36.9 Å². The minimum Gasteiger partial charge on any atom is -0.301 e. The van der Waals surface area contributed by atoms with E-state index in [0.717, 1.165) is 12.8 Å². The van der Waals surface area contributed by atoms with E-state index < -0.39 is 0 Å². The second-order valence-corrected chi connectivity index (χ2v) is 7.79. The Morgan fingerprint density at radius 2 is 2.24 bits per heavy atom. The Kier molecular flexibility index (Phi) is 4.62. The van der Waals surface area contributed by atoms with Crippen LogP contribution in [0.3, 0.4) is 0 Å². The molecule has 1 N–H and O–H groups in total. The van der Waals surface area contributed by atoms with E-state index in [2.05, 4.69) is 25.8 Å². The zero-order valence-corrected chi connectivity index (χ0v) is 14.8. The summed E-state index contributed by atoms with van der Waals surface area (Å²) in [6.45, 7) is 0. The molecule has 1 aliphatic carbocycles. The van der Waals surface area contributed by atoms with Gasteiger partial charge in [0.05, 0.1) is 22.0 Å². The van der Waals surface area contributed by atoms with Crippen molar-refractivity contribution in [3.63, 3.8) is 0 Å². The zero-order chi connectivity index (χ0) is 17.2. The van der Waals surface area contributed by atoms with Crippen molar-refractivity contribution < 1.29 is 9.18 Å². The highest BCUT2D eigenvalue weighted by atomic mass is 32.2. The fourth-order valence-electron chi connectivity index (χ4n) is 2.90. The molecule has 0 spiro atoms. The Morgan fingerprint density at radius 1 is 1.40 bits per heavy atom. The fourth-order valence-corrected chi connectivity index (χ4v) is 4.55. The van der Waals surface area contributed by atoms with Gasteiger partial charge in [0.25, 0.3) is 0 Å². The van der Waals surface area contributed by atoms with Crippen LogP contribution in [0.15, 0.2) is 23.4 Å². The summed E-state index contributed by atoms with van der Waals surface area (Å²) in [5.74, 6) is -0.314. The number of amides is 1. The third kappa shape index (κ3) is 3.64. The first kappa shape index (κ1) is 16.4. The quantitative estimate of drug-likeness (QED) is 0.686. The Hall–Kier alpha value is -2.07. The molecule has 0 unspecified atom stereocenters. The highest BCUT2D eigenvalue weighted by Gasteiger charge is 2.22. The predicted molar refractivity (Wildman–Crippen MR) is 94.3 cm³/mol. The third-order valence-corrected chi connectivity index (χ3v) is 5.93. The lowest BCUT2D eigenvalue weighted by Crippen LogP contribution is -2.15. The van der Waals surface area contributed by atoms with Gasteiger partial charge in [0.1, 0.15) is 5.82 Å². The molecule has 10 heteroatoms. The number of nitrogens with one attached hydrogen (secondary N) is 1. The Bertz CT molecular complexity index is 904. The Balaban J connectivity index is 1.38. The molecular weight excluding hydrogens is 363 g/mol. The second kappa shape index (κ2) is 7.04. The summed E-state index contributed by atoms with van der Waals surface area (Å²) in [6.07, 6.45) is 4.53. The van der Waals surface area contributed by atoms with Crippen LogP contribution in [0, 0.1) is 5.82 Å². The van der Waals surface area contributed by atoms with Gasteiger partial charge in [-0.3, -0.25) is 4.79 Å². The number of benzene rings is 1. The molecule has 1 saturated carbocycles. The summed E-state index contributed by atoms with van der Waals surface area (Å²) < 4.78 is 15.7. The number of thiazole rings is 1. The van der Waals surface area contributed by atoms with Crippen LogP contribution in [-0.4, -0.2) is 36.9 Å². The number of rotatable bonds is 5. The number of hydrogen-bond acceptors (Lipinski definition) is 7. The number of carbonyl (C=O) groups excluding carboxylic acids is 1. The number of nitrogens with zero attached hydrogens (tertiary/aromatic N) is 5. The molecule has 1 amide bonds. The van der Waals surface area contributed by atoms with E-state index in [1.54, 1.807) is 6.07 Å². The highest BCUT2D eigenvalue weighted by Crippen LogP contribution is 2.31. The van der Waals surface area contributed by atoms with Crippen LogP contribution < -0.4 is 5.32 Å². The predicted octanol–water partition coefficient (Wildman–Crippen LogP) is 3.27. The van der Waals surface area contributed by atoms with Crippen molar-refractivity contribution in [2.24, 2.45) is 0 Å². The van der Waals surface area contributed by atoms with Crippen LogP contribution in [0.1, 0.15) is 31.7 Å². The molecule has 7 nitrogen and oxygen atoms in total. The van der Waals surface area contributed by atoms with E-state index in [-0.39, 0.29) is 17.5 Å². The molecule has 1 aromatic carbocycles. The first-order valence-electron chi connectivity index (χ1n) is 7.95. The topological polar surface area (TPSA) is 85.6 Å². The summed E-state index contributed by atoms with van der Waals surface area (Å²) >= 11 is 2.56. The standard InChI is InChI=1S/C15H15FN6OS2/c16-9-5-6-11-12(7-9)25-14(17-11)18-13(23)8-24-15-19-20-21-22(15)10-3-1-2-4-10/h5-7,10H,1-4,8H2,(H,17,18,23). The number of hydrogen-bond donors (Lipinski definition) is 1. The molecule has 25 heavy (non-hydrogen) atoms. The van der Waals surface area contributed by atoms with E-state index >= 15 is 0 Å². The average Bonchev–Trinajstić information content (AvgIpc) is 3.32. The van der Waals surface area contributed by atoms with Gasteiger partial charge in [-0.25, -0.2) is 14.1 Å². The number of fused-ring (bicyclic) bond motifs is 1. The van der Waals surface area contributed by atoms with Gasteiger partial charge < -0.3 is 5.32 Å². The van der Waals surface area contributed by atoms with Gasteiger partial charge in [-0.2, -0.15) is 0 Å². The van der Waals surface area contributed by atoms with Crippen LogP contribution in [0.2, 0.25) is 0 Å². The number of carbonyl (C=O) groups is 1. The minimum absolute atomic E-state index is 0.189. The number of aromatic nitrogens is 5. The number of halogens is 1. The zero-order valence-electron chi connectivity index (χ0n) is 13.2. The molecule has 1 aliphatic rings. The molecule has 4 rings (SSSR count).